The summed E-state index contributed by atoms with van der Waals surface area (Å²) in [5, 5.41) is 0. The number of benzene rings is 2. The first kappa shape index (κ1) is 10.3. The van der Waals surface area contributed by atoms with Gasteiger partial charge < -0.3 is 0 Å². The van der Waals surface area contributed by atoms with Gasteiger partial charge in [-0.3, -0.25) is 0 Å². The van der Waals surface area contributed by atoms with Gasteiger partial charge in [-0.1, -0.05) is 36.4 Å². The van der Waals surface area contributed by atoms with Crippen LogP contribution in [-0.2, 0) is 7.05 Å². The zero-order chi connectivity index (χ0) is 17.3. The molecule has 21 heavy (non-hydrogen) atoms. The number of pyridine rings is 1. The zero-order valence-corrected chi connectivity index (χ0v) is 12.3. The van der Waals surface area contributed by atoms with E-state index in [-0.39, 0.29) is 0 Å². The van der Waals surface area contributed by atoms with Crippen LogP contribution >= 0.6 is 0 Å². The molecule has 1 nitrogen and oxygen atoms in total. The minimum absolute atomic E-state index is 0.386. The van der Waals surface area contributed by atoms with E-state index in [9.17, 15) is 0 Å². The van der Waals surface area contributed by atoms with Crippen molar-refractivity contribution in [2.45, 2.75) is 13.8 Å². The molecule has 0 bridgehead atoms. The third kappa shape index (κ3) is 2.59. The van der Waals surface area contributed by atoms with E-state index < -0.39 is 6.85 Å². The van der Waals surface area contributed by atoms with Crippen LogP contribution in [0.25, 0.3) is 22.4 Å². The summed E-state index contributed by atoms with van der Waals surface area (Å²) in [5.74, 6) is 0. The molecule has 0 saturated heterocycles. The van der Waals surface area contributed by atoms with E-state index in [2.05, 4.69) is 23.6 Å². The summed E-state index contributed by atoms with van der Waals surface area (Å²) in [5.41, 5.74) is 5.44. The smallest absolute Gasteiger partial charge is 0.201 e. The van der Waals surface area contributed by atoms with Crippen molar-refractivity contribution in [3.05, 3.63) is 78.0 Å². The number of rotatable bonds is 2. The van der Waals surface area contributed by atoms with Crippen LogP contribution in [-0.4, -0.2) is 0 Å². The molecule has 3 aromatic rings. The quantitative estimate of drug-likeness (QED) is 0.609. The third-order valence-electron chi connectivity index (χ3n) is 3.81. The van der Waals surface area contributed by atoms with Gasteiger partial charge in [0.05, 0.1) is 0 Å². The van der Waals surface area contributed by atoms with Crippen molar-refractivity contribution in [1.29, 1.82) is 0 Å². The second-order valence-corrected chi connectivity index (χ2v) is 5.27. The Morgan fingerprint density at radius 2 is 1.67 bits per heavy atom. The minimum atomic E-state index is -2.13. The first-order valence-corrected chi connectivity index (χ1v) is 7.03. The predicted octanol–water partition coefficient (Wildman–Crippen LogP) is 4.46. The minimum Gasteiger partial charge on any atom is -0.201 e. The van der Waals surface area contributed by atoms with Crippen molar-refractivity contribution < 1.29 is 8.68 Å². The summed E-state index contributed by atoms with van der Waals surface area (Å²) < 4.78 is 25.4. The van der Waals surface area contributed by atoms with E-state index >= 15 is 0 Å². The molecule has 2 aromatic carbocycles. The van der Waals surface area contributed by atoms with Gasteiger partial charge in [0.25, 0.3) is 0 Å². The highest BCUT2D eigenvalue weighted by Crippen LogP contribution is 2.29. The Kier molecular flexibility index (Phi) is 2.72. The fraction of sp³-hybridized carbons (Fsp3) is 0.150. The molecule has 0 spiro atoms. The van der Waals surface area contributed by atoms with Crippen LogP contribution in [0.1, 0.15) is 15.2 Å². The summed E-state index contributed by atoms with van der Waals surface area (Å²) in [7, 11) is 2.01. The third-order valence-corrected chi connectivity index (χ3v) is 3.81. The van der Waals surface area contributed by atoms with Gasteiger partial charge in [-0.05, 0) is 48.2 Å². The van der Waals surface area contributed by atoms with Crippen molar-refractivity contribution in [2.24, 2.45) is 7.05 Å². The average molecular weight is 277 g/mol. The predicted molar refractivity (Wildman–Crippen MR) is 88.0 cm³/mol. The van der Waals surface area contributed by atoms with Crippen LogP contribution in [0.4, 0.5) is 0 Å². The Balaban J connectivity index is 2.20. The summed E-state index contributed by atoms with van der Waals surface area (Å²) in [6.45, 7) is -0.0547. The second kappa shape index (κ2) is 5.53. The molecule has 0 N–H and O–H groups in total. The van der Waals surface area contributed by atoms with Crippen LogP contribution in [0.5, 0.6) is 0 Å². The SMILES string of the molecule is [2H]C([2H])([2H])c1ccccc1-c1ccc(C)c(-c2cccc[n+]2C)c1. The Bertz CT molecular complexity index is 882. The highest BCUT2D eigenvalue weighted by molar-refractivity contribution is 5.74. The molecule has 1 heterocycles. The topological polar surface area (TPSA) is 3.88 Å². The Morgan fingerprint density at radius 1 is 0.857 bits per heavy atom. The summed E-state index contributed by atoms with van der Waals surface area (Å²) in [4.78, 5) is 0. The van der Waals surface area contributed by atoms with Crippen LogP contribution in [0, 0.1) is 13.8 Å². The van der Waals surface area contributed by atoms with E-state index in [0.29, 0.717) is 5.56 Å². The van der Waals surface area contributed by atoms with E-state index in [1.165, 1.54) is 0 Å². The van der Waals surface area contributed by atoms with Crippen molar-refractivity contribution in [1.82, 2.24) is 0 Å². The van der Waals surface area contributed by atoms with Crippen LogP contribution in [0.15, 0.2) is 66.9 Å². The van der Waals surface area contributed by atoms with Gasteiger partial charge in [-0.25, -0.2) is 4.57 Å². The second-order valence-electron chi connectivity index (χ2n) is 5.27. The highest BCUT2D eigenvalue weighted by Gasteiger charge is 2.13. The lowest BCUT2D eigenvalue weighted by Gasteiger charge is -2.10. The molecule has 0 fully saturated rings. The normalized spacial score (nSPS) is 13.3. The monoisotopic (exact) mass is 277 g/mol. The lowest BCUT2D eigenvalue weighted by Crippen LogP contribution is -2.30. The number of nitrogens with zero attached hydrogens (tertiary/aromatic N) is 1. The Morgan fingerprint density at radius 3 is 2.48 bits per heavy atom. The van der Waals surface area contributed by atoms with Gasteiger partial charge >= 0.3 is 0 Å². The van der Waals surface area contributed by atoms with E-state index in [4.69, 9.17) is 4.11 Å². The van der Waals surface area contributed by atoms with Crippen LogP contribution in [0.2, 0.25) is 0 Å². The van der Waals surface area contributed by atoms with Gasteiger partial charge in [-0.15, -0.1) is 0 Å². The molecule has 104 valence electrons. The summed E-state index contributed by atoms with van der Waals surface area (Å²) in [6, 6.07) is 19.4. The van der Waals surface area contributed by atoms with Crippen molar-refractivity contribution in [2.75, 3.05) is 0 Å². The largest absolute Gasteiger partial charge is 0.212 e. The van der Waals surface area contributed by atoms with Gasteiger partial charge in [0.2, 0.25) is 5.69 Å². The van der Waals surface area contributed by atoms with Crippen LogP contribution < -0.4 is 4.57 Å². The lowest BCUT2D eigenvalue weighted by molar-refractivity contribution is -0.660. The maximum atomic E-state index is 7.79. The Labute approximate surface area is 130 Å². The first-order chi connectivity index (χ1) is 11.4. The molecule has 0 atom stereocenters. The number of hydrogen-bond acceptors (Lipinski definition) is 0. The van der Waals surface area contributed by atoms with Crippen LogP contribution in [0.3, 0.4) is 0 Å². The standard InChI is InChI=1S/C20H20N/c1-15-8-4-5-9-18(15)17-12-11-16(2)19(14-17)20-10-6-7-13-21(20)3/h4-14H,1-3H3/q+1/i1D3. The van der Waals surface area contributed by atoms with Gasteiger partial charge in [-0.2, -0.15) is 0 Å². The molecule has 0 saturated carbocycles. The van der Waals surface area contributed by atoms with Crippen molar-refractivity contribution >= 4 is 0 Å². The fourth-order valence-corrected chi connectivity index (χ4v) is 2.60. The van der Waals surface area contributed by atoms with Gasteiger partial charge in [0.1, 0.15) is 7.05 Å². The molecule has 0 aliphatic rings. The van der Waals surface area contributed by atoms with Gasteiger partial charge in [0, 0.05) is 21.8 Å². The number of aryl methyl sites for hydroxylation is 3. The first-order valence-electron chi connectivity index (χ1n) is 8.53. The van der Waals surface area contributed by atoms with E-state index in [1.807, 2.05) is 49.6 Å². The molecule has 0 aliphatic heterocycles. The molecule has 0 amide bonds. The molecule has 0 radical (unpaired) electrons. The highest BCUT2D eigenvalue weighted by atomic mass is 14.9. The molecule has 0 aliphatic carbocycles. The maximum Gasteiger partial charge on any atom is 0.212 e. The van der Waals surface area contributed by atoms with E-state index in [1.54, 1.807) is 12.1 Å². The molecule has 3 rings (SSSR count). The Hall–Kier alpha value is -2.41. The molecule has 0 unspecified atom stereocenters. The molecular formula is C20H20N+. The number of aromatic nitrogens is 1. The molecular weight excluding hydrogens is 254 g/mol. The fourth-order valence-electron chi connectivity index (χ4n) is 2.60. The zero-order valence-electron chi connectivity index (χ0n) is 15.3. The maximum absolute atomic E-state index is 7.79. The number of hydrogen-bond donors (Lipinski definition) is 0. The average Bonchev–Trinajstić information content (AvgIpc) is 2.55. The van der Waals surface area contributed by atoms with E-state index in [0.717, 1.165) is 27.9 Å². The van der Waals surface area contributed by atoms with Crippen molar-refractivity contribution in [3.8, 4) is 22.4 Å². The summed E-state index contributed by atoms with van der Waals surface area (Å²) in [6.07, 6.45) is 2.01. The van der Waals surface area contributed by atoms with Crippen molar-refractivity contribution in [3.63, 3.8) is 0 Å². The molecule has 1 aromatic heterocycles. The van der Waals surface area contributed by atoms with Gasteiger partial charge in [0.15, 0.2) is 6.20 Å². The summed E-state index contributed by atoms with van der Waals surface area (Å²) >= 11 is 0. The molecule has 1 heteroatoms. The lowest BCUT2D eigenvalue weighted by atomic mass is 9.95.